The van der Waals surface area contributed by atoms with E-state index in [-0.39, 0.29) is 12.4 Å². The number of anilines is 1. The van der Waals surface area contributed by atoms with Gasteiger partial charge in [0.2, 0.25) is 0 Å². The quantitative estimate of drug-likeness (QED) is 0.432. The SMILES string of the molecule is CCCCOC(=O)N1C(=O)C(C(=O)c2cccs2)c2cc(Cl)ccc21. The summed E-state index contributed by atoms with van der Waals surface area (Å²) < 4.78 is 5.17. The Bertz CT molecular complexity index is 818. The molecule has 0 aliphatic carbocycles. The Morgan fingerprint density at radius 2 is 2.12 bits per heavy atom. The number of rotatable bonds is 5. The Hall–Kier alpha value is -2.18. The van der Waals surface area contributed by atoms with Gasteiger partial charge in [-0.1, -0.05) is 31.0 Å². The number of benzene rings is 1. The molecule has 0 saturated heterocycles. The number of thiophene rings is 1. The van der Waals surface area contributed by atoms with E-state index in [4.69, 9.17) is 16.3 Å². The van der Waals surface area contributed by atoms with E-state index in [1.54, 1.807) is 35.7 Å². The van der Waals surface area contributed by atoms with Crippen LogP contribution in [0.4, 0.5) is 10.5 Å². The van der Waals surface area contributed by atoms with E-state index < -0.39 is 17.9 Å². The summed E-state index contributed by atoms with van der Waals surface area (Å²) in [7, 11) is 0. The molecule has 2 aromatic rings. The van der Waals surface area contributed by atoms with Crippen molar-refractivity contribution >= 4 is 46.4 Å². The van der Waals surface area contributed by atoms with E-state index >= 15 is 0 Å². The van der Waals surface area contributed by atoms with Crippen molar-refractivity contribution in [2.75, 3.05) is 11.5 Å². The topological polar surface area (TPSA) is 63.7 Å². The Kier molecular flexibility index (Phi) is 5.20. The first-order chi connectivity index (χ1) is 12.0. The summed E-state index contributed by atoms with van der Waals surface area (Å²) in [5.41, 5.74) is 0.786. The van der Waals surface area contributed by atoms with Crippen molar-refractivity contribution in [1.29, 1.82) is 0 Å². The Morgan fingerprint density at radius 3 is 2.80 bits per heavy atom. The molecule has 25 heavy (non-hydrogen) atoms. The number of fused-ring (bicyclic) bond motifs is 1. The van der Waals surface area contributed by atoms with Crippen LogP contribution in [-0.2, 0) is 9.53 Å². The molecule has 2 heterocycles. The lowest BCUT2D eigenvalue weighted by atomic mass is 9.95. The predicted octanol–water partition coefficient (Wildman–Crippen LogP) is 4.65. The Balaban J connectivity index is 1.96. The third-order valence-corrected chi connectivity index (χ3v) is 5.06. The fourth-order valence-electron chi connectivity index (χ4n) is 2.71. The molecule has 1 unspecified atom stereocenters. The zero-order valence-corrected chi connectivity index (χ0v) is 15.1. The van der Waals surface area contributed by atoms with Crippen LogP contribution in [0.25, 0.3) is 0 Å². The van der Waals surface area contributed by atoms with Crippen LogP contribution in [0.3, 0.4) is 0 Å². The van der Waals surface area contributed by atoms with Crippen molar-refractivity contribution in [2.45, 2.75) is 25.7 Å². The van der Waals surface area contributed by atoms with Gasteiger partial charge in [0.1, 0.15) is 5.92 Å². The summed E-state index contributed by atoms with van der Waals surface area (Å²) in [5, 5.41) is 2.17. The highest BCUT2D eigenvalue weighted by atomic mass is 35.5. The van der Waals surface area contributed by atoms with Crippen molar-refractivity contribution in [3.63, 3.8) is 0 Å². The van der Waals surface area contributed by atoms with Crippen LogP contribution < -0.4 is 4.90 Å². The highest BCUT2D eigenvalue weighted by Crippen LogP contribution is 2.41. The maximum Gasteiger partial charge on any atom is 0.421 e. The van der Waals surface area contributed by atoms with Crippen LogP contribution in [-0.4, -0.2) is 24.4 Å². The maximum atomic E-state index is 12.9. The van der Waals surface area contributed by atoms with Gasteiger partial charge in [-0.15, -0.1) is 11.3 Å². The highest BCUT2D eigenvalue weighted by molar-refractivity contribution is 7.12. The van der Waals surface area contributed by atoms with Crippen LogP contribution in [0.5, 0.6) is 0 Å². The molecule has 0 N–H and O–H groups in total. The number of hydrogen-bond acceptors (Lipinski definition) is 5. The van der Waals surface area contributed by atoms with Crippen LogP contribution in [0.2, 0.25) is 5.02 Å². The van der Waals surface area contributed by atoms with E-state index in [1.165, 1.54) is 11.3 Å². The molecule has 2 amide bonds. The molecule has 1 atom stereocenters. The molecule has 0 fully saturated rings. The number of halogens is 1. The number of nitrogens with zero attached hydrogens (tertiary/aromatic N) is 1. The second kappa shape index (κ2) is 7.37. The number of unbranched alkanes of at least 4 members (excludes halogenated alkanes) is 1. The molecule has 3 rings (SSSR count). The maximum absolute atomic E-state index is 12.9. The molecule has 5 nitrogen and oxygen atoms in total. The Labute approximate surface area is 154 Å². The van der Waals surface area contributed by atoms with Gasteiger partial charge in [-0.25, -0.2) is 9.69 Å². The molecule has 1 aliphatic rings. The van der Waals surface area contributed by atoms with Crippen LogP contribution in [0.15, 0.2) is 35.7 Å². The van der Waals surface area contributed by atoms with Gasteiger partial charge in [0, 0.05) is 5.02 Å². The standard InChI is InChI=1S/C18H16ClNO4S/c1-2-3-8-24-18(23)20-13-7-6-11(19)10-12(13)15(17(20)22)16(21)14-5-4-9-25-14/h4-7,9-10,15H,2-3,8H2,1H3. The molecule has 1 aromatic carbocycles. The molecule has 0 spiro atoms. The Morgan fingerprint density at radius 1 is 1.32 bits per heavy atom. The molecule has 0 saturated carbocycles. The molecule has 0 bridgehead atoms. The second-order valence-corrected chi connectivity index (χ2v) is 7.00. The van der Waals surface area contributed by atoms with Crippen molar-refractivity contribution < 1.29 is 19.1 Å². The van der Waals surface area contributed by atoms with E-state index in [9.17, 15) is 14.4 Å². The smallest absolute Gasteiger partial charge is 0.421 e. The van der Waals surface area contributed by atoms with Gasteiger partial charge in [-0.05, 0) is 41.6 Å². The lowest BCUT2D eigenvalue weighted by molar-refractivity contribution is -0.117. The molecule has 130 valence electrons. The number of ketones is 1. The fraction of sp³-hybridized carbons (Fsp3) is 0.278. The number of amides is 2. The summed E-state index contributed by atoms with van der Waals surface area (Å²) in [5.74, 6) is -2.02. The minimum atomic E-state index is -1.08. The number of imide groups is 1. The lowest BCUT2D eigenvalue weighted by Crippen LogP contribution is -2.37. The molecule has 1 aliphatic heterocycles. The molecule has 1 aromatic heterocycles. The first-order valence-electron chi connectivity index (χ1n) is 7.92. The summed E-state index contributed by atoms with van der Waals surface area (Å²) in [6, 6.07) is 8.11. The molecule has 7 heteroatoms. The van der Waals surface area contributed by atoms with E-state index in [1.807, 2.05) is 6.92 Å². The third-order valence-electron chi connectivity index (χ3n) is 3.94. The summed E-state index contributed by atoms with van der Waals surface area (Å²) >= 11 is 7.30. The molecule has 0 radical (unpaired) electrons. The largest absolute Gasteiger partial charge is 0.449 e. The van der Waals surface area contributed by atoms with E-state index in [0.29, 0.717) is 27.6 Å². The minimum absolute atomic E-state index is 0.228. The van der Waals surface area contributed by atoms with Gasteiger partial charge < -0.3 is 4.74 Å². The van der Waals surface area contributed by atoms with E-state index in [2.05, 4.69) is 0 Å². The van der Waals surface area contributed by atoms with Gasteiger partial charge in [-0.2, -0.15) is 0 Å². The van der Waals surface area contributed by atoms with Gasteiger partial charge in [0.25, 0.3) is 5.91 Å². The van der Waals surface area contributed by atoms with Crippen molar-refractivity contribution in [1.82, 2.24) is 0 Å². The lowest BCUT2D eigenvalue weighted by Gasteiger charge is -2.15. The summed E-state index contributed by atoms with van der Waals surface area (Å²) in [6.45, 7) is 2.20. The van der Waals surface area contributed by atoms with Gasteiger partial charge in [0.05, 0.1) is 17.2 Å². The number of Topliss-reactive ketones (excluding diaryl/α,β-unsaturated/α-hetero) is 1. The normalized spacial score (nSPS) is 16.0. The van der Waals surface area contributed by atoms with Crippen LogP contribution in [0.1, 0.15) is 40.9 Å². The van der Waals surface area contributed by atoms with Crippen LogP contribution in [0, 0.1) is 0 Å². The van der Waals surface area contributed by atoms with Gasteiger partial charge in [0.15, 0.2) is 5.78 Å². The van der Waals surface area contributed by atoms with Crippen molar-refractivity contribution in [2.24, 2.45) is 0 Å². The molecular weight excluding hydrogens is 362 g/mol. The summed E-state index contributed by atoms with van der Waals surface area (Å²) in [6.07, 6.45) is 0.814. The number of carbonyl (C=O) groups is 3. The van der Waals surface area contributed by atoms with Crippen molar-refractivity contribution in [3.05, 3.63) is 51.2 Å². The van der Waals surface area contributed by atoms with Gasteiger partial charge >= 0.3 is 6.09 Å². The third kappa shape index (κ3) is 3.32. The highest BCUT2D eigenvalue weighted by Gasteiger charge is 2.46. The zero-order valence-electron chi connectivity index (χ0n) is 13.5. The van der Waals surface area contributed by atoms with E-state index in [0.717, 1.165) is 11.3 Å². The monoisotopic (exact) mass is 377 g/mol. The predicted molar refractivity (Wildman–Crippen MR) is 96.6 cm³/mol. The fourth-order valence-corrected chi connectivity index (χ4v) is 3.59. The second-order valence-electron chi connectivity index (χ2n) is 5.62. The number of ether oxygens (including phenoxy) is 1. The molecular formula is C18H16ClNO4S. The number of hydrogen-bond donors (Lipinski definition) is 0. The summed E-state index contributed by atoms with van der Waals surface area (Å²) in [4.78, 5) is 39.4. The van der Waals surface area contributed by atoms with Crippen molar-refractivity contribution in [3.8, 4) is 0 Å². The first-order valence-corrected chi connectivity index (χ1v) is 9.18. The number of carbonyl (C=O) groups excluding carboxylic acids is 3. The minimum Gasteiger partial charge on any atom is -0.449 e. The zero-order chi connectivity index (χ0) is 18.0. The first kappa shape index (κ1) is 17.6. The average Bonchev–Trinajstić information content (AvgIpc) is 3.20. The van der Waals surface area contributed by atoms with Gasteiger partial charge in [-0.3, -0.25) is 9.59 Å². The average molecular weight is 378 g/mol. The van der Waals surface area contributed by atoms with Crippen LogP contribution >= 0.6 is 22.9 Å².